The summed E-state index contributed by atoms with van der Waals surface area (Å²) in [5.74, 6) is -0.121. The van der Waals surface area contributed by atoms with Crippen molar-refractivity contribution in [1.29, 1.82) is 0 Å². The number of fused-ring (bicyclic) bond motifs is 1. The van der Waals surface area contributed by atoms with Crippen molar-refractivity contribution in [3.8, 4) is 22.3 Å². The first-order valence-corrected chi connectivity index (χ1v) is 17.1. The van der Waals surface area contributed by atoms with Crippen molar-refractivity contribution >= 4 is 38.6 Å². The number of carbonyl (C=O) groups excluding carboxylic acids is 2. The van der Waals surface area contributed by atoms with Gasteiger partial charge in [-0.05, 0) is 86.2 Å². The van der Waals surface area contributed by atoms with Crippen molar-refractivity contribution in [2.24, 2.45) is 0 Å². The molecule has 0 bridgehead atoms. The van der Waals surface area contributed by atoms with Crippen molar-refractivity contribution in [1.82, 2.24) is 18.8 Å². The second-order valence-electron chi connectivity index (χ2n) is 13.1. The van der Waals surface area contributed by atoms with Crippen LogP contribution in [0.15, 0.2) is 102 Å². The normalized spacial score (nSPS) is 13.5. The Kier molecular flexibility index (Phi) is 8.47. The Hall–Kier alpha value is -5.22. The molecule has 5 aromatic rings. The second-order valence-corrected chi connectivity index (χ2v) is 14.9. The molecule has 3 aromatic carbocycles. The summed E-state index contributed by atoms with van der Waals surface area (Å²) < 4.78 is 34.8. The minimum atomic E-state index is -3.98. The molecule has 0 spiro atoms. The molecule has 0 fully saturated rings. The molecule has 2 amide bonds. The van der Waals surface area contributed by atoms with Gasteiger partial charge in [-0.1, -0.05) is 54.6 Å². The molecule has 6 rings (SSSR count). The first kappa shape index (κ1) is 32.7. The van der Waals surface area contributed by atoms with Gasteiger partial charge in [-0.3, -0.25) is 9.69 Å². The zero-order chi connectivity index (χ0) is 34.4. The van der Waals surface area contributed by atoms with Crippen molar-refractivity contribution in [3.63, 3.8) is 0 Å². The van der Waals surface area contributed by atoms with E-state index in [1.54, 1.807) is 74.7 Å². The first-order chi connectivity index (χ1) is 22.7. The predicted octanol–water partition coefficient (Wildman–Crippen LogP) is 7.60. The number of aryl methyl sites for hydroxylation is 1. The van der Waals surface area contributed by atoms with Crippen LogP contribution in [0.1, 0.15) is 48.7 Å². The van der Waals surface area contributed by atoms with Crippen molar-refractivity contribution in [2.75, 3.05) is 20.6 Å². The van der Waals surface area contributed by atoms with Crippen molar-refractivity contribution < 1.29 is 22.7 Å². The molecule has 246 valence electrons. The van der Waals surface area contributed by atoms with E-state index < -0.39 is 15.6 Å². The Morgan fingerprint density at radius 3 is 2.17 bits per heavy atom. The van der Waals surface area contributed by atoms with Crippen LogP contribution >= 0.6 is 0 Å². The van der Waals surface area contributed by atoms with Gasteiger partial charge in [-0.15, -0.1) is 0 Å². The number of pyridine rings is 1. The largest absolute Gasteiger partial charge is 0.443 e. The molecule has 2 aromatic heterocycles. The summed E-state index contributed by atoms with van der Waals surface area (Å²) in [6, 6.07) is 24.0. The molecule has 0 radical (unpaired) electrons. The number of rotatable bonds is 6. The fourth-order valence-corrected chi connectivity index (χ4v) is 7.33. The Balaban J connectivity index is 1.39. The van der Waals surface area contributed by atoms with Gasteiger partial charge >= 0.3 is 6.09 Å². The van der Waals surface area contributed by atoms with Gasteiger partial charge in [0.2, 0.25) is 0 Å². The van der Waals surface area contributed by atoms with E-state index in [9.17, 15) is 18.0 Å². The molecule has 1 aliphatic rings. The Bertz CT molecular complexity index is 2180. The number of ether oxygens (including phenoxy) is 1. The van der Waals surface area contributed by atoms with E-state index in [2.05, 4.69) is 0 Å². The third-order valence-electron chi connectivity index (χ3n) is 8.24. The van der Waals surface area contributed by atoms with Gasteiger partial charge in [0.05, 0.1) is 4.90 Å². The number of nitrogens with zero attached hydrogens (tertiary/aromatic N) is 4. The van der Waals surface area contributed by atoms with E-state index in [4.69, 9.17) is 9.72 Å². The van der Waals surface area contributed by atoms with Gasteiger partial charge in [-0.25, -0.2) is 22.2 Å². The summed E-state index contributed by atoms with van der Waals surface area (Å²) in [4.78, 5) is 33.1. The van der Waals surface area contributed by atoms with Gasteiger partial charge in [0, 0.05) is 61.3 Å². The summed E-state index contributed by atoms with van der Waals surface area (Å²) in [5.41, 5.74) is 6.10. The summed E-state index contributed by atoms with van der Waals surface area (Å²) in [6.07, 6.45) is 5.50. The average molecular weight is 663 g/mol. The van der Waals surface area contributed by atoms with E-state index in [0.717, 1.165) is 34.2 Å². The van der Waals surface area contributed by atoms with E-state index in [1.165, 1.54) is 8.87 Å². The zero-order valence-corrected chi connectivity index (χ0v) is 28.7. The quantitative estimate of drug-likeness (QED) is 0.186. The minimum Gasteiger partial charge on any atom is -0.443 e. The highest BCUT2D eigenvalue weighted by Gasteiger charge is 2.26. The Morgan fingerprint density at radius 1 is 0.875 bits per heavy atom. The molecule has 1 aliphatic heterocycles. The third kappa shape index (κ3) is 6.35. The standard InChI is InChI=1S/C38H38N4O5S/c1-25-9-7-8-10-34(25)48(45,46)42-24-33(28-15-17-29(18-16-28)36(43)40(5)6)32-21-31(22-39-35(32)42)27-13-11-26(12-14-27)30-19-20-41(23-30)37(44)47-38(2,3)4/h7-18,21-24H,19-20H2,1-6H3. The summed E-state index contributed by atoms with van der Waals surface area (Å²) >= 11 is 0. The highest BCUT2D eigenvalue weighted by atomic mass is 32.2. The smallest absolute Gasteiger partial charge is 0.414 e. The Morgan fingerprint density at radius 2 is 1.52 bits per heavy atom. The molecular weight excluding hydrogens is 625 g/mol. The van der Waals surface area contributed by atoms with E-state index in [-0.39, 0.29) is 16.9 Å². The van der Waals surface area contributed by atoms with E-state index >= 15 is 0 Å². The van der Waals surface area contributed by atoms with E-state index in [1.807, 2.05) is 69.4 Å². The van der Waals surface area contributed by atoms with Gasteiger partial charge in [0.15, 0.2) is 5.65 Å². The molecule has 0 saturated carbocycles. The predicted molar refractivity (Wildman–Crippen MR) is 188 cm³/mol. The van der Waals surface area contributed by atoms with Crippen LogP contribution in [-0.4, -0.2) is 65.4 Å². The number of amides is 2. The highest BCUT2D eigenvalue weighted by molar-refractivity contribution is 7.90. The molecule has 48 heavy (non-hydrogen) atoms. The molecule has 3 heterocycles. The summed E-state index contributed by atoms with van der Waals surface area (Å²) in [5, 5.41) is 0.659. The monoisotopic (exact) mass is 662 g/mol. The van der Waals surface area contributed by atoms with Crippen LogP contribution in [0.25, 0.3) is 38.9 Å². The molecule has 0 atom stereocenters. The lowest BCUT2D eigenvalue weighted by Crippen LogP contribution is -2.32. The van der Waals surface area contributed by atoms with Crippen LogP contribution in [0.3, 0.4) is 0 Å². The highest BCUT2D eigenvalue weighted by Crippen LogP contribution is 2.36. The SMILES string of the molecule is Cc1ccccc1S(=O)(=O)n1cc(-c2ccc(C(=O)N(C)C)cc2)c2cc(-c3ccc(C4=CN(C(=O)OC(C)(C)C)CC4)cc3)cnc21. The average Bonchev–Trinajstić information content (AvgIpc) is 3.70. The van der Waals surface area contributed by atoms with Crippen LogP contribution < -0.4 is 0 Å². The van der Waals surface area contributed by atoms with Crippen LogP contribution in [0.2, 0.25) is 0 Å². The van der Waals surface area contributed by atoms with Crippen molar-refractivity contribution in [2.45, 2.75) is 44.6 Å². The molecular formula is C38H38N4O5S. The molecule has 0 aliphatic carbocycles. The van der Waals surface area contributed by atoms with Gasteiger partial charge in [0.25, 0.3) is 15.9 Å². The maximum absolute atomic E-state index is 14.0. The maximum atomic E-state index is 14.0. The number of hydrogen-bond acceptors (Lipinski definition) is 6. The van der Waals surface area contributed by atoms with Gasteiger partial charge in [-0.2, -0.15) is 0 Å². The zero-order valence-electron chi connectivity index (χ0n) is 27.9. The molecule has 10 heteroatoms. The molecule has 9 nitrogen and oxygen atoms in total. The van der Waals surface area contributed by atoms with E-state index in [0.29, 0.717) is 34.3 Å². The Labute approximate surface area is 281 Å². The van der Waals surface area contributed by atoms with Crippen LogP contribution in [0, 0.1) is 6.92 Å². The van der Waals surface area contributed by atoms with Gasteiger partial charge in [0.1, 0.15) is 5.60 Å². The number of aromatic nitrogens is 2. The lowest BCUT2D eigenvalue weighted by molar-refractivity contribution is 0.0349. The molecule has 0 unspecified atom stereocenters. The lowest BCUT2D eigenvalue weighted by atomic mass is 9.99. The number of carbonyl (C=O) groups is 2. The maximum Gasteiger partial charge on any atom is 0.414 e. The van der Waals surface area contributed by atoms with Crippen LogP contribution in [-0.2, 0) is 14.8 Å². The van der Waals surface area contributed by atoms with Crippen LogP contribution in [0.4, 0.5) is 4.79 Å². The molecule has 0 saturated heterocycles. The molecule has 0 N–H and O–H groups in total. The summed E-state index contributed by atoms with van der Waals surface area (Å²) in [6.45, 7) is 7.87. The third-order valence-corrected chi connectivity index (χ3v) is 10.1. The topological polar surface area (TPSA) is 102 Å². The fourth-order valence-electron chi connectivity index (χ4n) is 5.77. The second kappa shape index (κ2) is 12.4. The lowest BCUT2D eigenvalue weighted by Gasteiger charge is -2.23. The van der Waals surface area contributed by atoms with Gasteiger partial charge < -0.3 is 9.64 Å². The van der Waals surface area contributed by atoms with Crippen LogP contribution in [0.5, 0.6) is 0 Å². The fraction of sp³-hybridized carbons (Fsp3) is 0.237. The minimum absolute atomic E-state index is 0.121. The number of benzene rings is 3. The van der Waals surface area contributed by atoms with Crippen molar-refractivity contribution in [3.05, 3.63) is 114 Å². The first-order valence-electron chi connectivity index (χ1n) is 15.7. The number of hydrogen-bond donors (Lipinski definition) is 0. The summed E-state index contributed by atoms with van der Waals surface area (Å²) in [7, 11) is -0.584.